The van der Waals surface area contributed by atoms with Crippen LogP contribution in [0.2, 0.25) is 0 Å². The van der Waals surface area contributed by atoms with Gasteiger partial charge in [0.25, 0.3) is 0 Å². The molecule has 0 bridgehead atoms. The summed E-state index contributed by atoms with van der Waals surface area (Å²) >= 11 is 0. The number of hydrogen-bond donors (Lipinski definition) is 0. The quantitative estimate of drug-likeness (QED) is 0.722. The molecule has 100 valence electrons. The van der Waals surface area contributed by atoms with E-state index >= 15 is 0 Å². The molecule has 1 fully saturated rings. The Kier molecular flexibility index (Phi) is 3.35. The van der Waals surface area contributed by atoms with Gasteiger partial charge in [0.2, 0.25) is 0 Å². The minimum absolute atomic E-state index is 0.124. The zero-order valence-corrected chi connectivity index (χ0v) is 10.2. The summed E-state index contributed by atoms with van der Waals surface area (Å²) in [4.78, 5) is 12.6. The SMILES string of the molecule is CC(C)(C)OC(=O)N1CC(C)(OC(F)(F)F)C1. The fraction of sp³-hybridized carbons (Fsp3) is 0.900. The summed E-state index contributed by atoms with van der Waals surface area (Å²) in [5.41, 5.74) is -2.02. The number of halogens is 3. The molecule has 1 rings (SSSR count). The molecule has 0 unspecified atom stereocenters. The molecular formula is C10H16F3NO3. The Balaban J connectivity index is 2.43. The summed E-state index contributed by atoms with van der Waals surface area (Å²) in [7, 11) is 0. The molecule has 1 aliphatic rings. The van der Waals surface area contributed by atoms with Crippen molar-refractivity contribution in [1.29, 1.82) is 0 Å². The van der Waals surface area contributed by atoms with Gasteiger partial charge in [-0.1, -0.05) is 0 Å². The zero-order valence-electron chi connectivity index (χ0n) is 10.2. The third kappa shape index (κ3) is 4.41. The molecule has 4 nitrogen and oxygen atoms in total. The van der Waals surface area contributed by atoms with E-state index in [9.17, 15) is 18.0 Å². The predicted molar refractivity (Wildman–Crippen MR) is 53.4 cm³/mol. The molecule has 17 heavy (non-hydrogen) atoms. The van der Waals surface area contributed by atoms with Crippen LogP contribution < -0.4 is 0 Å². The van der Waals surface area contributed by atoms with Gasteiger partial charge in [-0.15, -0.1) is 13.2 Å². The zero-order chi connectivity index (χ0) is 13.5. The van der Waals surface area contributed by atoms with E-state index < -0.39 is 23.7 Å². The van der Waals surface area contributed by atoms with Crippen LogP contribution >= 0.6 is 0 Å². The maximum absolute atomic E-state index is 12.0. The number of ether oxygens (including phenoxy) is 2. The van der Waals surface area contributed by atoms with Gasteiger partial charge in [-0.25, -0.2) is 4.79 Å². The number of carbonyl (C=O) groups is 1. The summed E-state index contributed by atoms with van der Waals surface area (Å²) < 4.78 is 45.0. The number of rotatable bonds is 1. The number of hydrogen-bond acceptors (Lipinski definition) is 3. The largest absolute Gasteiger partial charge is 0.523 e. The van der Waals surface area contributed by atoms with E-state index in [-0.39, 0.29) is 13.1 Å². The smallest absolute Gasteiger partial charge is 0.444 e. The Bertz CT molecular complexity index is 303. The molecule has 0 aromatic carbocycles. The number of likely N-dealkylation sites (tertiary alicyclic amines) is 1. The summed E-state index contributed by atoms with van der Waals surface area (Å²) in [6.45, 7) is 6.13. The lowest BCUT2D eigenvalue weighted by molar-refractivity contribution is -0.378. The molecule has 1 saturated heterocycles. The minimum Gasteiger partial charge on any atom is -0.444 e. The van der Waals surface area contributed by atoms with Gasteiger partial charge in [-0.05, 0) is 27.7 Å². The lowest BCUT2D eigenvalue weighted by Crippen LogP contribution is -2.65. The van der Waals surface area contributed by atoms with E-state index in [4.69, 9.17) is 4.74 Å². The van der Waals surface area contributed by atoms with Gasteiger partial charge < -0.3 is 9.64 Å². The molecule has 0 spiro atoms. The second-order valence-electron chi connectivity index (χ2n) is 5.33. The van der Waals surface area contributed by atoms with Crippen molar-refractivity contribution < 1.29 is 27.4 Å². The average Bonchev–Trinajstić information content (AvgIpc) is 1.92. The summed E-state index contributed by atoms with van der Waals surface area (Å²) in [5.74, 6) is 0. The first-order valence-corrected chi connectivity index (χ1v) is 5.15. The van der Waals surface area contributed by atoms with Gasteiger partial charge in [0.15, 0.2) is 0 Å². The molecule has 0 atom stereocenters. The van der Waals surface area contributed by atoms with Crippen LogP contribution in [0.5, 0.6) is 0 Å². The number of carbonyl (C=O) groups excluding carboxylic acids is 1. The van der Waals surface area contributed by atoms with E-state index in [2.05, 4.69) is 4.74 Å². The van der Waals surface area contributed by atoms with Gasteiger partial charge in [0.05, 0.1) is 13.1 Å². The van der Waals surface area contributed by atoms with Crippen molar-refractivity contribution in [3.05, 3.63) is 0 Å². The molecule has 1 aliphatic heterocycles. The number of nitrogens with zero attached hydrogens (tertiary/aromatic N) is 1. The number of alkyl halides is 3. The van der Waals surface area contributed by atoms with Crippen molar-refractivity contribution in [1.82, 2.24) is 4.90 Å². The van der Waals surface area contributed by atoms with Crippen LogP contribution in [0.15, 0.2) is 0 Å². The van der Waals surface area contributed by atoms with Crippen LogP contribution in [-0.4, -0.2) is 41.6 Å². The molecule has 7 heteroatoms. The first-order chi connectivity index (χ1) is 7.40. The molecule has 0 aromatic rings. The van der Waals surface area contributed by atoms with E-state index in [1.54, 1.807) is 20.8 Å². The molecule has 0 saturated carbocycles. The van der Waals surface area contributed by atoms with Crippen molar-refractivity contribution in [2.24, 2.45) is 0 Å². The highest BCUT2D eigenvalue weighted by Crippen LogP contribution is 2.33. The van der Waals surface area contributed by atoms with Crippen molar-refractivity contribution in [2.75, 3.05) is 13.1 Å². The van der Waals surface area contributed by atoms with Gasteiger partial charge in [0, 0.05) is 0 Å². The van der Waals surface area contributed by atoms with Crippen LogP contribution in [0.3, 0.4) is 0 Å². The molecular weight excluding hydrogens is 239 g/mol. The highest BCUT2D eigenvalue weighted by atomic mass is 19.4. The normalized spacial score (nSPS) is 19.8. The van der Waals surface area contributed by atoms with Crippen LogP contribution in [0.25, 0.3) is 0 Å². The van der Waals surface area contributed by atoms with Crippen LogP contribution in [0.4, 0.5) is 18.0 Å². The monoisotopic (exact) mass is 255 g/mol. The Hall–Kier alpha value is -0.980. The third-order valence-electron chi connectivity index (χ3n) is 2.06. The van der Waals surface area contributed by atoms with Crippen molar-refractivity contribution in [3.63, 3.8) is 0 Å². The van der Waals surface area contributed by atoms with Gasteiger partial charge in [-0.2, -0.15) is 0 Å². The van der Waals surface area contributed by atoms with Crippen molar-refractivity contribution in [3.8, 4) is 0 Å². The van der Waals surface area contributed by atoms with E-state index in [0.29, 0.717) is 0 Å². The van der Waals surface area contributed by atoms with Gasteiger partial charge in [0.1, 0.15) is 11.2 Å². The Morgan fingerprint density at radius 1 is 1.24 bits per heavy atom. The highest BCUT2D eigenvalue weighted by molar-refractivity contribution is 5.69. The van der Waals surface area contributed by atoms with Crippen LogP contribution in [-0.2, 0) is 9.47 Å². The lowest BCUT2D eigenvalue weighted by atomic mass is 9.97. The molecule has 1 heterocycles. The van der Waals surface area contributed by atoms with E-state index in [1.165, 1.54) is 11.8 Å². The first-order valence-electron chi connectivity index (χ1n) is 5.15. The van der Waals surface area contributed by atoms with E-state index in [1.807, 2.05) is 0 Å². The first kappa shape index (κ1) is 14.1. The van der Waals surface area contributed by atoms with Gasteiger partial charge >= 0.3 is 12.5 Å². The summed E-state index contributed by atoms with van der Waals surface area (Å²) in [6, 6.07) is 0. The van der Waals surface area contributed by atoms with Crippen LogP contribution in [0, 0.1) is 0 Å². The van der Waals surface area contributed by atoms with Gasteiger partial charge in [-0.3, -0.25) is 4.74 Å². The lowest BCUT2D eigenvalue weighted by Gasteiger charge is -2.47. The Morgan fingerprint density at radius 2 is 1.71 bits per heavy atom. The summed E-state index contributed by atoms with van der Waals surface area (Å²) in [6.07, 6.45) is -5.31. The second kappa shape index (κ2) is 4.04. The third-order valence-corrected chi connectivity index (χ3v) is 2.06. The predicted octanol–water partition coefficient (Wildman–Crippen LogP) is 2.53. The van der Waals surface area contributed by atoms with Crippen molar-refractivity contribution in [2.45, 2.75) is 45.3 Å². The summed E-state index contributed by atoms with van der Waals surface area (Å²) in [5, 5.41) is 0. The molecule has 0 aromatic heterocycles. The molecule has 0 N–H and O–H groups in total. The van der Waals surface area contributed by atoms with Crippen LogP contribution in [0.1, 0.15) is 27.7 Å². The topological polar surface area (TPSA) is 38.8 Å². The second-order valence-corrected chi connectivity index (χ2v) is 5.33. The molecule has 0 aliphatic carbocycles. The molecule has 0 radical (unpaired) electrons. The average molecular weight is 255 g/mol. The molecule has 1 amide bonds. The van der Waals surface area contributed by atoms with E-state index in [0.717, 1.165) is 0 Å². The highest BCUT2D eigenvalue weighted by Gasteiger charge is 2.50. The number of amides is 1. The minimum atomic E-state index is -4.69. The standard InChI is InChI=1S/C10H16F3NO3/c1-8(2,3)16-7(15)14-5-9(4,6-14)17-10(11,12)13/h5-6H2,1-4H3. The Labute approximate surface area is 97.7 Å². The Morgan fingerprint density at radius 3 is 2.06 bits per heavy atom. The fourth-order valence-electron chi connectivity index (χ4n) is 1.56. The van der Waals surface area contributed by atoms with Crippen molar-refractivity contribution >= 4 is 6.09 Å². The maximum atomic E-state index is 12.0. The fourth-order valence-corrected chi connectivity index (χ4v) is 1.56. The maximum Gasteiger partial charge on any atom is 0.523 e.